The van der Waals surface area contributed by atoms with Gasteiger partial charge in [0, 0.05) is 24.0 Å². The standard InChI is InChI=1S/C19H25BrN2O4/c1-3-18(23)22-6-4-5-13(11-22)19(24)21-12(2)14-9-16-17(10-15(14)20)26-8-7-25-16/h9-10,12-13H,3-8,11H2,1-2H3,(H,21,24). The van der Waals surface area contributed by atoms with Crippen molar-refractivity contribution >= 4 is 27.7 Å². The maximum absolute atomic E-state index is 12.7. The molecule has 26 heavy (non-hydrogen) atoms. The number of hydrogen-bond donors (Lipinski definition) is 1. The molecule has 1 fully saturated rings. The van der Waals surface area contributed by atoms with Crippen molar-refractivity contribution in [2.45, 2.75) is 39.2 Å². The minimum absolute atomic E-state index is 0.00658. The second kappa shape index (κ2) is 8.29. The third-order valence-electron chi connectivity index (χ3n) is 4.93. The van der Waals surface area contributed by atoms with Crippen LogP contribution in [0.25, 0.3) is 0 Å². The number of piperidine rings is 1. The summed E-state index contributed by atoms with van der Waals surface area (Å²) in [5.41, 5.74) is 0.944. The molecule has 0 spiro atoms. The second-order valence-corrected chi connectivity index (χ2v) is 7.63. The minimum Gasteiger partial charge on any atom is -0.486 e. The first-order valence-corrected chi connectivity index (χ1v) is 9.96. The van der Waals surface area contributed by atoms with E-state index in [0.29, 0.717) is 37.7 Å². The number of rotatable bonds is 4. The quantitative estimate of drug-likeness (QED) is 0.806. The number of likely N-dealkylation sites (tertiary alicyclic amines) is 1. The number of carbonyl (C=O) groups is 2. The summed E-state index contributed by atoms with van der Waals surface area (Å²) in [4.78, 5) is 26.4. The Morgan fingerprint density at radius 2 is 2.00 bits per heavy atom. The van der Waals surface area contributed by atoms with Crippen molar-refractivity contribution < 1.29 is 19.1 Å². The third kappa shape index (κ3) is 4.14. The average Bonchev–Trinajstić information content (AvgIpc) is 2.66. The lowest BCUT2D eigenvalue weighted by Gasteiger charge is -2.32. The van der Waals surface area contributed by atoms with Crippen LogP contribution in [0.1, 0.15) is 44.7 Å². The van der Waals surface area contributed by atoms with Gasteiger partial charge in [-0.1, -0.05) is 22.9 Å². The SMILES string of the molecule is CCC(=O)N1CCCC(C(=O)NC(C)c2cc3c(cc2Br)OCCO3)C1. The van der Waals surface area contributed by atoms with Gasteiger partial charge in [-0.15, -0.1) is 0 Å². The predicted molar refractivity (Wildman–Crippen MR) is 101 cm³/mol. The van der Waals surface area contributed by atoms with Crippen LogP contribution in [0, 0.1) is 5.92 Å². The number of hydrogen-bond acceptors (Lipinski definition) is 4. The number of fused-ring (bicyclic) bond motifs is 1. The summed E-state index contributed by atoms with van der Waals surface area (Å²) in [5.74, 6) is 1.37. The summed E-state index contributed by atoms with van der Waals surface area (Å²) >= 11 is 3.56. The van der Waals surface area contributed by atoms with Crippen LogP contribution in [0.5, 0.6) is 11.5 Å². The van der Waals surface area contributed by atoms with Gasteiger partial charge in [-0.05, 0) is 37.5 Å². The first-order chi connectivity index (χ1) is 12.5. The molecular formula is C19H25BrN2O4. The Morgan fingerprint density at radius 1 is 1.31 bits per heavy atom. The molecule has 1 saturated heterocycles. The topological polar surface area (TPSA) is 67.9 Å². The number of nitrogens with one attached hydrogen (secondary N) is 1. The van der Waals surface area contributed by atoms with Crippen LogP contribution in [-0.2, 0) is 9.59 Å². The van der Waals surface area contributed by atoms with Gasteiger partial charge in [-0.25, -0.2) is 0 Å². The monoisotopic (exact) mass is 424 g/mol. The second-order valence-electron chi connectivity index (χ2n) is 6.78. The fourth-order valence-corrected chi connectivity index (χ4v) is 4.13. The molecule has 142 valence electrons. The van der Waals surface area contributed by atoms with E-state index in [1.165, 1.54) is 0 Å². The van der Waals surface area contributed by atoms with Gasteiger partial charge in [0.1, 0.15) is 13.2 Å². The molecule has 6 nitrogen and oxygen atoms in total. The molecule has 0 saturated carbocycles. The van der Waals surface area contributed by atoms with E-state index in [0.717, 1.165) is 29.4 Å². The van der Waals surface area contributed by atoms with E-state index in [4.69, 9.17) is 9.47 Å². The van der Waals surface area contributed by atoms with E-state index >= 15 is 0 Å². The summed E-state index contributed by atoms with van der Waals surface area (Å²) in [7, 11) is 0. The Morgan fingerprint density at radius 3 is 2.69 bits per heavy atom. The Balaban J connectivity index is 1.66. The number of nitrogens with zero attached hydrogens (tertiary/aromatic N) is 1. The first kappa shape index (κ1) is 19.0. The van der Waals surface area contributed by atoms with Crippen molar-refractivity contribution in [3.8, 4) is 11.5 Å². The predicted octanol–water partition coefficient (Wildman–Crippen LogP) is 3.05. The van der Waals surface area contributed by atoms with Crippen molar-refractivity contribution in [1.82, 2.24) is 10.2 Å². The van der Waals surface area contributed by atoms with Crippen molar-refractivity contribution in [3.05, 3.63) is 22.2 Å². The van der Waals surface area contributed by atoms with Crippen molar-refractivity contribution in [2.75, 3.05) is 26.3 Å². The highest BCUT2D eigenvalue weighted by molar-refractivity contribution is 9.10. The number of benzene rings is 1. The average molecular weight is 425 g/mol. The molecule has 2 amide bonds. The van der Waals surface area contributed by atoms with E-state index in [1.807, 2.05) is 26.0 Å². The Bertz CT molecular complexity index is 694. The molecule has 2 heterocycles. The smallest absolute Gasteiger partial charge is 0.225 e. The Hall–Kier alpha value is -1.76. The highest BCUT2D eigenvalue weighted by Crippen LogP contribution is 2.37. The molecule has 3 rings (SSSR count). The molecule has 7 heteroatoms. The van der Waals surface area contributed by atoms with Gasteiger partial charge in [-0.2, -0.15) is 0 Å². The van der Waals surface area contributed by atoms with Crippen LogP contribution in [0.2, 0.25) is 0 Å². The molecule has 1 aromatic rings. The molecule has 0 aliphatic carbocycles. The van der Waals surface area contributed by atoms with Gasteiger partial charge in [0.05, 0.1) is 12.0 Å². The zero-order valence-electron chi connectivity index (χ0n) is 15.2. The fraction of sp³-hybridized carbons (Fsp3) is 0.579. The molecule has 2 aliphatic rings. The minimum atomic E-state index is -0.176. The summed E-state index contributed by atoms with van der Waals surface area (Å²) in [6.07, 6.45) is 2.16. The molecule has 0 bridgehead atoms. The highest BCUT2D eigenvalue weighted by atomic mass is 79.9. The lowest BCUT2D eigenvalue weighted by molar-refractivity contribution is -0.135. The number of amides is 2. The van der Waals surface area contributed by atoms with Crippen LogP contribution in [0.3, 0.4) is 0 Å². The van der Waals surface area contributed by atoms with Crippen molar-refractivity contribution in [2.24, 2.45) is 5.92 Å². The van der Waals surface area contributed by atoms with Gasteiger partial charge >= 0.3 is 0 Å². The van der Waals surface area contributed by atoms with Gasteiger partial charge in [0.25, 0.3) is 0 Å². The normalized spacial score (nSPS) is 20.4. The van der Waals surface area contributed by atoms with Crippen LogP contribution in [0.15, 0.2) is 16.6 Å². The summed E-state index contributed by atoms with van der Waals surface area (Å²) in [6.45, 7) is 6.13. The fourth-order valence-electron chi connectivity index (χ4n) is 3.46. The van der Waals surface area contributed by atoms with Crippen molar-refractivity contribution in [1.29, 1.82) is 0 Å². The highest BCUT2D eigenvalue weighted by Gasteiger charge is 2.29. The lowest BCUT2D eigenvalue weighted by atomic mass is 9.96. The molecule has 0 radical (unpaired) electrons. The largest absolute Gasteiger partial charge is 0.486 e. The van der Waals surface area contributed by atoms with Gasteiger partial charge < -0.3 is 19.7 Å². The zero-order chi connectivity index (χ0) is 18.7. The van der Waals surface area contributed by atoms with Gasteiger partial charge in [0.2, 0.25) is 11.8 Å². The molecule has 2 atom stereocenters. The Kier molecular flexibility index (Phi) is 6.06. The molecule has 1 N–H and O–H groups in total. The number of ether oxygens (including phenoxy) is 2. The first-order valence-electron chi connectivity index (χ1n) is 9.16. The molecule has 2 unspecified atom stereocenters. The van der Waals surface area contributed by atoms with Crippen molar-refractivity contribution in [3.63, 3.8) is 0 Å². The van der Waals surface area contributed by atoms with Crippen LogP contribution in [-0.4, -0.2) is 43.0 Å². The maximum atomic E-state index is 12.7. The van der Waals surface area contributed by atoms with Crippen LogP contribution in [0.4, 0.5) is 0 Å². The molecule has 1 aromatic carbocycles. The van der Waals surface area contributed by atoms with Gasteiger partial charge in [0.15, 0.2) is 11.5 Å². The van der Waals surface area contributed by atoms with Gasteiger partial charge in [-0.3, -0.25) is 9.59 Å². The number of halogens is 1. The van der Waals surface area contributed by atoms with E-state index < -0.39 is 0 Å². The zero-order valence-corrected chi connectivity index (χ0v) is 16.8. The summed E-state index contributed by atoms with van der Waals surface area (Å²) < 4.78 is 12.1. The summed E-state index contributed by atoms with van der Waals surface area (Å²) in [6, 6.07) is 3.62. The molecule has 0 aromatic heterocycles. The summed E-state index contributed by atoms with van der Waals surface area (Å²) in [5, 5.41) is 3.09. The molecular weight excluding hydrogens is 400 g/mol. The maximum Gasteiger partial charge on any atom is 0.225 e. The van der Waals surface area contributed by atoms with E-state index in [2.05, 4.69) is 21.2 Å². The molecule has 2 aliphatic heterocycles. The lowest BCUT2D eigenvalue weighted by Crippen LogP contribution is -2.45. The van der Waals surface area contributed by atoms with E-state index in [-0.39, 0.29) is 23.8 Å². The van der Waals surface area contributed by atoms with Crippen LogP contribution >= 0.6 is 15.9 Å². The number of carbonyl (C=O) groups excluding carboxylic acids is 2. The van der Waals surface area contributed by atoms with E-state index in [1.54, 1.807) is 4.90 Å². The third-order valence-corrected chi connectivity index (χ3v) is 5.62. The van der Waals surface area contributed by atoms with Crippen LogP contribution < -0.4 is 14.8 Å². The Labute approximate surface area is 162 Å². The van der Waals surface area contributed by atoms with E-state index in [9.17, 15) is 9.59 Å².